The van der Waals surface area contributed by atoms with Crippen LogP contribution in [-0.2, 0) is 0 Å². The summed E-state index contributed by atoms with van der Waals surface area (Å²) in [7, 11) is 6.44. The zero-order valence-corrected chi connectivity index (χ0v) is 9.21. The molecule has 1 N–H and O–H groups in total. The molecule has 1 saturated heterocycles. The van der Waals surface area contributed by atoms with Crippen molar-refractivity contribution < 1.29 is 0 Å². The molecule has 1 unspecified atom stereocenters. The summed E-state index contributed by atoms with van der Waals surface area (Å²) < 4.78 is 0. The minimum Gasteiger partial charge on any atom is -0.318 e. The van der Waals surface area contributed by atoms with Crippen LogP contribution in [0.2, 0.25) is 0 Å². The molecule has 1 rings (SSSR count). The Morgan fingerprint density at radius 1 is 1.54 bits per heavy atom. The third-order valence-electron chi connectivity index (χ3n) is 2.80. The number of likely N-dealkylation sites (N-methyl/N-ethyl adjacent to an activating group) is 2. The van der Waals surface area contributed by atoms with Crippen molar-refractivity contribution in [3.8, 4) is 0 Å². The fraction of sp³-hybridized carbons (Fsp3) is 1.00. The molecule has 0 bridgehead atoms. The fourth-order valence-corrected chi connectivity index (χ4v) is 2.01. The van der Waals surface area contributed by atoms with Crippen molar-refractivity contribution >= 4 is 0 Å². The van der Waals surface area contributed by atoms with Gasteiger partial charge in [-0.05, 0) is 40.0 Å². The Bertz CT molecular complexity index is 138. The third-order valence-corrected chi connectivity index (χ3v) is 2.80. The molecule has 0 aromatic rings. The predicted molar refractivity (Wildman–Crippen MR) is 57.0 cm³/mol. The summed E-state index contributed by atoms with van der Waals surface area (Å²) in [5, 5.41) is 3.18. The highest BCUT2D eigenvalue weighted by Crippen LogP contribution is 2.14. The summed E-state index contributed by atoms with van der Waals surface area (Å²) in [6.07, 6.45) is 1.38. The summed E-state index contributed by atoms with van der Waals surface area (Å²) in [6.45, 7) is 6.08. The smallest absolute Gasteiger partial charge is 0.0104 e. The number of rotatable bonds is 5. The standard InChI is InChI=1S/C10H23N3/c1-11-5-7-13(3)9-10-4-6-12(2)8-10/h10-11H,4-9H2,1-3H3. The zero-order valence-electron chi connectivity index (χ0n) is 9.21. The van der Waals surface area contributed by atoms with Crippen LogP contribution in [0, 0.1) is 5.92 Å². The summed E-state index contributed by atoms with van der Waals surface area (Å²) in [5.41, 5.74) is 0. The van der Waals surface area contributed by atoms with Crippen molar-refractivity contribution in [2.45, 2.75) is 6.42 Å². The summed E-state index contributed by atoms with van der Waals surface area (Å²) in [5.74, 6) is 0.895. The highest BCUT2D eigenvalue weighted by Gasteiger charge is 2.20. The van der Waals surface area contributed by atoms with E-state index in [1.54, 1.807) is 0 Å². The molecule has 0 saturated carbocycles. The van der Waals surface area contributed by atoms with Crippen LogP contribution in [0.15, 0.2) is 0 Å². The second kappa shape index (κ2) is 5.58. The molecule has 3 nitrogen and oxygen atoms in total. The molecule has 0 radical (unpaired) electrons. The van der Waals surface area contributed by atoms with Crippen LogP contribution in [0.1, 0.15) is 6.42 Å². The van der Waals surface area contributed by atoms with Crippen molar-refractivity contribution in [3.63, 3.8) is 0 Å². The van der Waals surface area contributed by atoms with Gasteiger partial charge in [-0.2, -0.15) is 0 Å². The first kappa shape index (κ1) is 11.0. The van der Waals surface area contributed by atoms with E-state index >= 15 is 0 Å². The summed E-state index contributed by atoms with van der Waals surface area (Å²) in [6, 6.07) is 0. The molecule has 0 aromatic heterocycles. The molecular formula is C10H23N3. The Kier molecular flexibility index (Phi) is 4.70. The van der Waals surface area contributed by atoms with E-state index in [-0.39, 0.29) is 0 Å². The second-order valence-corrected chi connectivity index (χ2v) is 4.28. The summed E-state index contributed by atoms with van der Waals surface area (Å²) >= 11 is 0. The lowest BCUT2D eigenvalue weighted by atomic mass is 10.1. The molecule has 1 aliphatic rings. The second-order valence-electron chi connectivity index (χ2n) is 4.28. The van der Waals surface area contributed by atoms with E-state index in [4.69, 9.17) is 0 Å². The van der Waals surface area contributed by atoms with Gasteiger partial charge in [-0.15, -0.1) is 0 Å². The molecule has 1 heterocycles. The van der Waals surface area contributed by atoms with Crippen molar-refractivity contribution in [2.24, 2.45) is 5.92 Å². The molecule has 0 aliphatic carbocycles. The van der Waals surface area contributed by atoms with Crippen molar-refractivity contribution in [2.75, 3.05) is 53.9 Å². The van der Waals surface area contributed by atoms with Gasteiger partial charge in [0, 0.05) is 26.2 Å². The third kappa shape index (κ3) is 4.07. The molecule has 13 heavy (non-hydrogen) atoms. The number of hydrogen-bond donors (Lipinski definition) is 1. The maximum atomic E-state index is 3.18. The van der Waals surface area contributed by atoms with Crippen LogP contribution in [0.4, 0.5) is 0 Å². The van der Waals surface area contributed by atoms with E-state index in [2.05, 4.69) is 29.2 Å². The maximum absolute atomic E-state index is 3.18. The maximum Gasteiger partial charge on any atom is 0.0104 e. The highest BCUT2D eigenvalue weighted by atomic mass is 15.2. The van der Waals surface area contributed by atoms with Crippen LogP contribution in [0.5, 0.6) is 0 Å². The fourth-order valence-electron chi connectivity index (χ4n) is 2.01. The van der Waals surface area contributed by atoms with Crippen LogP contribution >= 0.6 is 0 Å². The zero-order chi connectivity index (χ0) is 9.68. The quantitative estimate of drug-likeness (QED) is 0.655. The predicted octanol–water partition coefficient (Wildman–Crippen LogP) is 0.0893. The van der Waals surface area contributed by atoms with Crippen molar-refractivity contribution in [3.05, 3.63) is 0 Å². The van der Waals surface area contributed by atoms with Gasteiger partial charge >= 0.3 is 0 Å². The topological polar surface area (TPSA) is 18.5 Å². The Morgan fingerprint density at radius 3 is 2.85 bits per heavy atom. The lowest BCUT2D eigenvalue weighted by Crippen LogP contribution is -2.32. The molecular weight excluding hydrogens is 162 g/mol. The summed E-state index contributed by atoms with van der Waals surface area (Å²) in [4.78, 5) is 4.86. The van der Waals surface area contributed by atoms with Gasteiger partial charge in [0.2, 0.25) is 0 Å². The molecule has 1 atom stereocenters. The molecule has 78 valence electrons. The average Bonchev–Trinajstić information content (AvgIpc) is 2.48. The van der Waals surface area contributed by atoms with Crippen LogP contribution in [-0.4, -0.2) is 63.7 Å². The first-order valence-corrected chi connectivity index (χ1v) is 5.24. The van der Waals surface area contributed by atoms with Crippen molar-refractivity contribution in [1.29, 1.82) is 0 Å². The van der Waals surface area contributed by atoms with E-state index in [0.29, 0.717) is 0 Å². The van der Waals surface area contributed by atoms with E-state index in [1.165, 1.54) is 26.1 Å². The molecule has 3 heteroatoms. The normalized spacial score (nSPS) is 24.5. The van der Waals surface area contributed by atoms with Gasteiger partial charge in [-0.3, -0.25) is 0 Å². The average molecular weight is 185 g/mol. The van der Waals surface area contributed by atoms with E-state index in [0.717, 1.165) is 19.0 Å². The minimum absolute atomic E-state index is 0.895. The van der Waals surface area contributed by atoms with E-state index < -0.39 is 0 Å². The number of likely N-dealkylation sites (tertiary alicyclic amines) is 1. The lowest BCUT2D eigenvalue weighted by Gasteiger charge is -2.20. The van der Waals surface area contributed by atoms with E-state index in [1.807, 2.05) is 7.05 Å². The lowest BCUT2D eigenvalue weighted by molar-refractivity contribution is 0.275. The van der Waals surface area contributed by atoms with Gasteiger partial charge < -0.3 is 15.1 Å². The molecule has 1 fully saturated rings. The Morgan fingerprint density at radius 2 is 2.31 bits per heavy atom. The first-order valence-electron chi connectivity index (χ1n) is 5.24. The molecule has 0 spiro atoms. The Balaban J connectivity index is 2.09. The van der Waals surface area contributed by atoms with Crippen LogP contribution in [0.3, 0.4) is 0 Å². The van der Waals surface area contributed by atoms with Gasteiger partial charge in [-0.25, -0.2) is 0 Å². The molecule has 0 aromatic carbocycles. The largest absolute Gasteiger partial charge is 0.318 e. The SMILES string of the molecule is CNCCN(C)CC1CCN(C)C1. The minimum atomic E-state index is 0.895. The molecule has 0 amide bonds. The van der Waals surface area contributed by atoms with Crippen molar-refractivity contribution in [1.82, 2.24) is 15.1 Å². The number of nitrogens with one attached hydrogen (secondary N) is 1. The molecule has 1 aliphatic heterocycles. The van der Waals surface area contributed by atoms with Gasteiger partial charge in [0.15, 0.2) is 0 Å². The van der Waals surface area contributed by atoms with Gasteiger partial charge in [0.05, 0.1) is 0 Å². The van der Waals surface area contributed by atoms with Crippen LogP contribution in [0.25, 0.3) is 0 Å². The highest BCUT2D eigenvalue weighted by molar-refractivity contribution is 4.75. The Labute approximate surface area is 82.1 Å². The number of hydrogen-bond acceptors (Lipinski definition) is 3. The van der Waals surface area contributed by atoms with Gasteiger partial charge in [0.1, 0.15) is 0 Å². The van der Waals surface area contributed by atoms with Gasteiger partial charge in [-0.1, -0.05) is 0 Å². The van der Waals surface area contributed by atoms with Gasteiger partial charge in [0.25, 0.3) is 0 Å². The number of nitrogens with zero attached hydrogens (tertiary/aromatic N) is 2. The van der Waals surface area contributed by atoms with Crippen LogP contribution < -0.4 is 5.32 Å². The first-order chi connectivity index (χ1) is 6.22. The Hall–Kier alpha value is -0.120. The van der Waals surface area contributed by atoms with E-state index in [9.17, 15) is 0 Å². The monoisotopic (exact) mass is 185 g/mol.